The van der Waals surface area contributed by atoms with Crippen molar-refractivity contribution in [2.75, 3.05) is 13.1 Å². The van der Waals surface area contributed by atoms with Crippen LogP contribution < -0.4 is 33.2 Å². The van der Waals surface area contributed by atoms with Gasteiger partial charge in [-0.15, -0.1) is 0 Å². The summed E-state index contributed by atoms with van der Waals surface area (Å²) in [5, 5.41) is 18.6. The molecule has 0 aliphatic carbocycles. The number of carbonyl (C=O) groups excluding carboxylic acids is 3. The molecule has 11 N–H and O–H groups in total. The summed E-state index contributed by atoms with van der Waals surface area (Å²) >= 11 is 0. The molecule has 0 radical (unpaired) electrons. The van der Waals surface area contributed by atoms with Crippen LogP contribution in [0, 0.1) is 0 Å². The zero-order valence-electron chi connectivity index (χ0n) is 22.5. The molecule has 0 saturated heterocycles. The van der Waals surface area contributed by atoms with Crippen molar-refractivity contribution in [3.8, 4) is 0 Å². The topological polar surface area (TPSA) is 231 Å². The van der Waals surface area contributed by atoms with Crippen LogP contribution in [-0.4, -0.2) is 71.0 Å². The molecule has 0 aliphatic heterocycles. The quantitative estimate of drug-likeness (QED) is 0.0680. The fraction of sp³-hybridized carbons (Fsp3) is 0.321. The molecule has 13 nitrogen and oxygen atoms in total. The first-order valence-corrected chi connectivity index (χ1v) is 13.1. The summed E-state index contributed by atoms with van der Waals surface area (Å²) < 4.78 is 0. The number of aromatic nitrogens is 1. The van der Waals surface area contributed by atoms with E-state index in [2.05, 4.69) is 25.9 Å². The Labute approximate surface area is 236 Å². The molecule has 13 heteroatoms. The standard InChI is InChI=1S/C28H36N8O5/c29-15-24(37)34-21(11-6-12-32-28(30)31)25(38)35-22(13-17-7-2-1-3-8-17)26(39)36-23(27(40)41)14-18-16-33-20-10-5-4-9-19(18)20/h1-5,7-10,16,21-23,33H,6,11-15,29H2,(H,34,37)(H,35,38)(H,36,39)(H,40,41)(H4,30,31,32). The highest BCUT2D eigenvalue weighted by atomic mass is 16.4. The number of amides is 3. The number of para-hydroxylation sites is 1. The molecule has 0 fully saturated rings. The van der Waals surface area contributed by atoms with Gasteiger partial charge in [-0.1, -0.05) is 48.5 Å². The molecule has 3 aromatic rings. The highest BCUT2D eigenvalue weighted by Crippen LogP contribution is 2.19. The van der Waals surface area contributed by atoms with Gasteiger partial charge in [-0.2, -0.15) is 0 Å². The lowest BCUT2D eigenvalue weighted by molar-refractivity contribution is -0.142. The third-order valence-corrected chi connectivity index (χ3v) is 6.41. The maximum absolute atomic E-state index is 13.5. The Morgan fingerprint density at radius 2 is 1.51 bits per heavy atom. The number of aromatic amines is 1. The third-order valence-electron chi connectivity index (χ3n) is 6.41. The number of hydrogen-bond donors (Lipinski definition) is 8. The number of aliphatic carboxylic acids is 1. The first kappa shape index (κ1) is 30.6. The molecule has 41 heavy (non-hydrogen) atoms. The van der Waals surface area contributed by atoms with E-state index in [0.29, 0.717) is 6.42 Å². The van der Waals surface area contributed by atoms with Crippen molar-refractivity contribution in [2.45, 2.75) is 43.8 Å². The average Bonchev–Trinajstić information content (AvgIpc) is 3.36. The molecule has 0 spiro atoms. The molecular formula is C28H36N8O5. The lowest BCUT2D eigenvalue weighted by Gasteiger charge is -2.24. The Morgan fingerprint density at radius 1 is 0.854 bits per heavy atom. The molecule has 1 heterocycles. The predicted octanol–water partition coefficient (Wildman–Crippen LogP) is -0.496. The van der Waals surface area contributed by atoms with Crippen molar-refractivity contribution in [1.82, 2.24) is 20.9 Å². The maximum Gasteiger partial charge on any atom is 0.326 e. The summed E-state index contributed by atoms with van der Waals surface area (Å²) in [5.41, 5.74) is 18.4. The number of fused-ring (bicyclic) bond motifs is 1. The lowest BCUT2D eigenvalue weighted by Crippen LogP contribution is -2.57. The fourth-order valence-corrected chi connectivity index (χ4v) is 4.35. The van der Waals surface area contributed by atoms with Crippen molar-refractivity contribution < 1.29 is 24.3 Å². The summed E-state index contributed by atoms with van der Waals surface area (Å²) in [4.78, 5) is 57.9. The van der Waals surface area contributed by atoms with Gasteiger partial charge in [0.15, 0.2) is 5.96 Å². The number of nitrogens with one attached hydrogen (secondary N) is 4. The second-order valence-electron chi connectivity index (χ2n) is 9.49. The highest BCUT2D eigenvalue weighted by molar-refractivity contribution is 5.94. The molecule has 0 bridgehead atoms. The predicted molar refractivity (Wildman–Crippen MR) is 155 cm³/mol. The molecule has 3 atom stereocenters. The number of aliphatic imine (C=N–C) groups is 1. The summed E-state index contributed by atoms with van der Waals surface area (Å²) in [6, 6.07) is 13.0. The Kier molecular flexibility index (Phi) is 11.2. The smallest absolute Gasteiger partial charge is 0.326 e. The first-order chi connectivity index (χ1) is 19.7. The zero-order chi connectivity index (χ0) is 29.8. The van der Waals surface area contributed by atoms with E-state index in [1.807, 2.05) is 30.3 Å². The van der Waals surface area contributed by atoms with Gasteiger partial charge in [0.05, 0.1) is 6.54 Å². The van der Waals surface area contributed by atoms with E-state index < -0.39 is 41.8 Å². The van der Waals surface area contributed by atoms with Gasteiger partial charge in [0.1, 0.15) is 18.1 Å². The molecule has 1 aromatic heterocycles. The number of carbonyl (C=O) groups is 4. The van der Waals surface area contributed by atoms with Crippen LogP contribution in [0.4, 0.5) is 0 Å². The fourth-order valence-electron chi connectivity index (χ4n) is 4.35. The number of carboxylic acid groups (broad SMARTS) is 1. The van der Waals surface area contributed by atoms with Gasteiger partial charge in [0, 0.05) is 36.5 Å². The van der Waals surface area contributed by atoms with Crippen molar-refractivity contribution in [3.05, 3.63) is 71.9 Å². The van der Waals surface area contributed by atoms with Crippen LogP contribution in [0.1, 0.15) is 24.0 Å². The number of nitrogens with zero attached hydrogens (tertiary/aromatic N) is 1. The summed E-state index contributed by atoms with van der Waals surface area (Å²) in [5.74, 6) is -3.19. The van der Waals surface area contributed by atoms with Crippen molar-refractivity contribution >= 4 is 40.6 Å². The Bertz CT molecular complexity index is 1370. The Morgan fingerprint density at radius 3 is 2.20 bits per heavy atom. The summed E-state index contributed by atoms with van der Waals surface area (Å²) in [6.45, 7) is -0.105. The molecule has 3 rings (SSSR count). The van der Waals surface area contributed by atoms with Crippen LogP contribution in [0.5, 0.6) is 0 Å². The van der Waals surface area contributed by atoms with Gasteiger partial charge in [-0.3, -0.25) is 19.4 Å². The Hall–Kier alpha value is -4.91. The number of benzene rings is 2. The highest BCUT2D eigenvalue weighted by Gasteiger charge is 2.30. The SMILES string of the molecule is NCC(=O)NC(CCCN=C(N)N)C(=O)NC(Cc1ccccc1)C(=O)NC(Cc1c[nH]c2ccccc12)C(=O)O. The van der Waals surface area contributed by atoms with Crippen molar-refractivity contribution in [1.29, 1.82) is 0 Å². The molecule has 3 unspecified atom stereocenters. The van der Waals surface area contributed by atoms with E-state index in [-0.39, 0.29) is 38.3 Å². The van der Waals surface area contributed by atoms with Crippen molar-refractivity contribution in [2.24, 2.45) is 22.2 Å². The van der Waals surface area contributed by atoms with E-state index >= 15 is 0 Å². The third kappa shape index (κ3) is 9.35. The Balaban J connectivity index is 1.79. The lowest BCUT2D eigenvalue weighted by atomic mass is 10.0. The minimum absolute atomic E-state index is 0.0249. The van der Waals surface area contributed by atoms with Crippen LogP contribution in [-0.2, 0) is 32.0 Å². The minimum atomic E-state index is -1.26. The second-order valence-corrected chi connectivity index (χ2v) is 9.49. The van der Waals surface area contributed by atoms with Crippen molar-refractivity contribution in [3.63, 3.8) is 0 Å². The first-order valence-electron chi connectivity index (χ1n) is 13.1. The van der Waals surface area contributed by atoms with Crippen LogP contribution >= 0.6 is 0 Å². The van der Waals surface area contributed by atoms with Crippen LogP contribution in [0.25, 0.3) is 10.9 Å². The molecular weight excluding hydrogens is 528 g/mol. The monoisotopic (exact) mass is 564 g/mol. The largest absolute Gasteiger partial charge is 0.480 e. The molecule has 2 aromatic carbocycles. The van der Waals surface area contributed by atoms with E-state index in [4.69, 9.17) is 17.2 Å². The van der Waals surface area contributed by atoms with E-state index in [9.17, 15) is 24.3 Å². The van der Waals surface area contributed by atoms with Crippen LogP contribution in [0.2, 0.25) is 0 Å². The average molecular weight is 565 g/mol. The summed E-state index contributed by atoms with van der Waals surface area (Å²) in [6.07, 6.45) is 2.36. The number of H-pyrrole nitrogens is 1. The van der Waals surface area contributed by atoms with E-state index in [1.54, 1.807) is 30.5 Å². The zero-order valence-corrected chi connectivity index (χ0v) is 22.5. The number of nitrogens with two attached hydrogens (primary N) is 3. The number of hydrogen-bond acceptors (Lipinski definition) is 6. The van der Waals surface area contributed by atoms with Crippen LogP contribution in [0.15, 0.2) is 65.8 Å². The number of rotatable bonds is 15. The molecule has 3 amide bonds. The number of guanidine groups is 1. The van der Waals surface area contributed by atoms with Gasteiger partial charge in [-0.05, 0) is 30.0 Å². The second kappa shape index (κ2) is 15.0. The number of carboxylic acids is 1. The molecule has 218 valence electrons. The van der Waals surface area contributed by atoms with E-state index in [1.165, 1.54) is 0 Å². The van der Waals surface area contributed by atoms with Gasteiger partial charge in [-0.25, -0.2) is 4.79 Å². The minimum Gasteiger partial charge on any atom is -0.480 e. The molecule has 0 aliphatic rings. The molecule has 0 saturated carbocycles. The van der Waals surface area contributed by atoms with Gasteiger partial charge < -0.3 is 43.2 Å². The van der Waals surface area contributed by atoms with Gasteiger partial charge >= 0.3 is 5.97 Å². The van der Waals surface area contributed by atoms with E-state index in [0.717, 1.165) is 22.0 Å². The summed E-state index contributed by atoms with van der Waals surface area (Å²) in [7, 11) is 0. The maximum atomic E-state index is 13.5. The van der Waals surface area contributed by atoms with Gasteiger partial charge in [0.25, 0.3) is 0 Å². The van der Waals surface area contributed by atoms with Gasteiger partial charge in [0.2, 0.25) is 17.7 Å². The van der Waals surface area contributed by atoms with Crippen LogP contribution in [0.3, 0.4) is 0 Å². The normalized spacial score (nSPS) is 13.0.